The van der Waals surface area contributed by atoms with Gasteiger partial charge >= 0.3 is 0 Å². The summed E-state index contributed by atoms with van der Waals surface area (Å²) in [5, 5.41) is 0. The van der Waals surface area contributed by atoms with Gasteiger partial charge in [0.05, 0.1) is 0 Å². The Balaban J connectivity index is 2.15. The summed E-state index contributed by atoms with van der Waals surface area (Å²) in [7, 11) is 0. The molecule has 0 spiro atoms. The van der Waals surface area contributed by atoms with Crippen LogP contribution in [0.1, 0.15) is 59.8 Å². The fraction of sp³-hybridized carbons (Fsp3) is 0.929. The minimum atomic E-state index is 0.294. The van der Waals surface area contributed by atoms with Gasteiger partial charge in [-0.15, -0.1) is 0 Å². The third-order valence-electron chi connectivity index (χ3n) is 4.56. The summed E-state index contributed by atoms with van der Waals surface area (Å²) in [5.74, 6) is 1.08. The van der Waals surface area contributed by atoms with Crippen LogP contribution in [0, 0.1) is 11.3 Å². The molecule has 2 nitrogen and oxygen atoms in total. The first kappa shape index (κ1) is 11.9. The van der Waals surface area contributed by atoms with Crippen molar-refractivity contribution in [3.8, 4) is 0 Å². The first-order valence-corrected chi connectivity index (χ1v) is 6.68. The highest BCUT2D eigenvalue weighted by atomic mass is 16.2. The lowest BCUT2D eigenvalue weighted by atomic mass is 9.68. The quantitative estimate of drug-likeness (QED) is 0.617. The minimum absolute atomic E-state index is 0.294. The molecular formula is C14H25NO. The second-order valence-corrected chi connectivity index (χ2v) is 6.70. The van der Waals surface area contributed by atoms with Gasteiger partial charge < -0.3 is 4.90 Å². The maximum Gasteiger partial charge on any atom is 0.219 e. The van der Waals surface area contributed by atoms with Crippen LogP contribution in [0.25, 0.3) is 0 Å². The van der Waals surface area contributed by atoms with Crippen LogP contribution in [0.2, 0.25) is 0 Å². The number of carbonyl (C=O) groups is 1. The van der Waals surface area contributed by atoms with Gasteiger partial charge in [-0.3, -0.25) is 4.79 Å². The van der Waals surface area contributed by atoms with Crippen LogP contribution in [-0.4, -0.2) is 22.9 Å². The van der Waals surface area contributed by atoms with Crippen molar-refractivity contribution in [1.82, 2.24) is 4.90 Å². The highest BCUT2D eigenvalue weighted by molar-refractivity contribution is 5.74. The molecule has 2 aliphatic rings. The molecule has 0 aliphatic carbocycles. The molecule has 2 aliphatic heterocycles. The molecule has 2 rings (SSSR count). The molecule has 0 aromatic heterocycles. The molecule has 2 unspecified atom stereocenters. The number of piperidine rings is 2. The van der Waals surface area contributed by atoms with E-state index in [4.69, 9.17) is 0 Å². The molecule has 0 aromatic rings. The molecule has 16 heavy (non-hydrogen) atoms. The van der Waals surface area contributed by atoms with E-state index in [1.807, 2.05) is 0 Å². The highest BCUT2D eigenvalue weighted by Crippen LogP contribution is 2.43. The summed E-state index contributed by atoms with van der Waals surface area (Å²) in [6.07, 6.45) is 6.21. The van der Waals surface area contributed by atoms with Gasteiger partial charge in [-0.1, -0.05) is 20.8 Å². The van der Waals surface area contributed by atoms with E-state index in [9.17, 15) is 4.79 Å². The van der Waals surface area contributed by atoms with E-state index in [2.05, 4.69) is 25.7 Å². The van der Waals surface area contributed by atoms with E-state index >= 15 is 0 Å². The minimum Gasteiger partial charge on any atom is -0.337 e. The molecule has 2 fully saturated rings. The van der Waals surface area contributed by atoms with Gasteiger partial charge in [-0.2, -0.15) is 0 Å². The van der Waals surface area contributed by atoms with Crippen LogP contribution < -0.4 is 0 Å². The van der Waals surface area contributed by atoms with Crippen molar-refractivity contribution in [2.24, 2.45) is 11.3 Å². The normalized spacial score (nSPS) is 35.0. The lowest BCUT2D eigenvalue weighted by Gasteiger charge is -2.51. The molecule has 0 N–H and O–H groups in total. The maximum absolute atomic E-state index is 11.7. The number of amides is 1. The Morgan fingerprint density at radius 1 is 1.12 bits per heavy atom. The van der Waals surface area contributed by atoms with E-state index in [1.165, 1.54) is 32.1 Å². The topological polar surface area (TPSA) is 20.3 Å². The molecule has 2 saturated heterocycles. The van der Waals surface area contributed by atoms with Gasteiger partial charge in [0.25, 0.3) is 0 Å². The SMILES string of the molecule is CC(=O)N1C2CCCC1CC(C(C)(C)C)C2. The van der Waals surface area contributed by atoms with Gasteiger partial charge in [0, 0.05) is 19.0 Å². The maximum atomic E-state index is 11.7. The average Bonchev–Trinajstić information content (AvgIpc) is 2.13. The van der Waals surface area contributed by atoms with Gasteiger partial charge in [0.2, 0.25) is 5.91 Å². The van der Waals surface area contributed by atoms with Gasteiger partial charge in [-0.25, -0.2) is 0 Å². The summed E-state index contributed by atoms with van der Waals surface area (Å²) in [6.45, 7) is 8.77. The molecule has 0 saturated carbocycles. The third-order valence-corrected chi connectivity index (χ3v) is 4.56. The summed E-state index contributed by atoms with van der Waals surface area (Å²) >= 11 is 0. The Hall–Kier alpha value is -0.530. The zero-order valence-electron chi connectivity index (χ0n) is 11.1. The zero-order chi connectivity index (χ0) is 11.9. The van der Waals surface area contributed by atoms with E-state index < -0.39 is 0 Å². The summed E-state index contributed by atoms with van der Waals surface area (Å²) in [4.78, 5) is 13.9. The van der Waals surface area contributed by atoms with Gasteiger partial charge in [0.1, 0.15) is 0 Å². The summed E-state index contributed by atoms with van der Waals surface area (Å²) < 4.78 is 0. The lowest BCUT2D eigenvalue weighted by molar-refractivity contribution is -0.141. The molecule has 0 radical (unpaired) electrons. The molecule has 2 bridgehead atoms. The number of hydrogen-bond donors (Lipinski definition) is 0. The second kappa shape index (κ2) is 4.05. The Kier molecular flexibility index (Phi) is 3.02. The Labute approximate surface area is 99.4 Å². The second-order valence-electron chi connectivity index (χ2n) is 6.70. The average molecular weight is 223 g/mol. The first-order valence-electron chi connectivity index (χ1n) is 6.68. The van der Waals surface area contributed by atoms with Crippen molar-refractivity contribution in [2.45, 2.75) is 71.9 Å². The number of hydrogen-bond acceptors (Lipinski definition) is 1. The van der Waals surface area contributed by atoms with Crippen molar-refractivity contribution >= 4 is 5.91 Å². The Morgan fingerprint density at radius 2 is 1.62 bits per heavy atom. The van der Waals surface area contributed by atoms with Crippen molar-refractivity contribution in [2.75, 3.05) is 0 Å². The van der Waals surface area contributed by atoms with E-state index in [0.29, 0.717) is 23.4 Å². The van der Waals surface area contributed by atoms with Crippen LogP contribution in [0.15, 0.2) is 0 Å². The van der Waals surface area contributed by atoms with Crippen molar-refractivity contribution < 1.29 is 4.79 Å². The fourth-order valence-electron chi connectivity index (χ4n) is 3.60. The Morgan fingerprint density at radius 3 is 2.00 bits per heavy atom. The number of nitrogens with zero attached hydrogens (tertiary/aromatic N) is 1. The molecule has 0 aromatic carbocycles. The predicted molar refractivity (Wildman–Crippen MR) is 66.1 cm³/mol. The molecular weight excluding hydrogens is 198 g/mol. The third kappa shape index (κ3) is 2.11. The van der Waals surface area contributed by atoms with E-state index in [1.54, 1.807) is 6.92 Å². The smallest absolute Gasteiger partial charge is 0.219 e. The van der Waals surface area contributed by atoms with Crippen molar-refractivity contribution in [3.05, 3.63) is 0 Å². The van der Waals surface area contributed by atoms with E-state index in [0.717, 1.165) is 5.92 Å². The number of rotatable bonds is 0. The van der Waals surface area contributed by atoms with Crippen LogP contribution in [0.5, 0.6) is 0 Å². The Bertz CT molecular complexity index is 265. The zero-order valence-corrected chi connectivity index (χ0v) is 11.1. The van der Waals surface area contributed by atoms with E-state index in [-0.39, 0.29) is 0 Å². The van der Waals surface area contributed by atoms with Gasteiger partial charge in [0.15, 0.2) is 0 Å². The standard InChI is InChI=1S/C14H25NO/c1-10(16)15-12-6-5-7-13(15)9-11(8-12)14(2,3)4/h11-13H,5-9H2,1-4H3. The summed E-state index contributed by atoms with van der Waals surface area (Å²) in [5.41, 5.74) is 0.400. The van der Waals surface area contributed by atoms with Gasteiger partial charge in [-0.05, 0) is 43.4 Å². The highest BCUT2D eigenvalue weighted by Gasteiger charge is 2.42. The number of carbonyl (C=O) groups excluding carboxylic acids is 1. The van der Waals surface area contributed by atoms with Crippen LogP contribution in [0.4, 0.5) is 0 Å². The predicted octanol–water partition coefficient (Wildman–Crippen LogP) is 3.21. The molecule has 92 valence electrons. The fourth-order valence-corrected chi connectivity index (χ4v) is 3.60. The molecule has 1 amide bonds. The van der Waals surface area contributed by atoms with Crippen molar-refractivity contribution in [1.29, 1.82) is 0 Å². The van der Waals surface area contributed by atoms with Crippen LogP contribution in [0.3, 0.4) is 0 Å². The first-order chi connectivity index (χ1) is 7.39. The largest absolute Gasteiger partial charge is 0.337 e. The summed E-state index contributed by atoms with van der Waals surface area (Å²) in [6, 6.07) is 1.07. The molecule has 2 heterocycles. The van der Waals surface area contributed by atoms with Crippen LogP contribution >= 0.6 is 0 Å². The number of fused-ring (bicyclic) bond motifs is 2. The van der Waals surface area contributed by atoms with Crippen LogP contribution in [-0.2, 0) is 4.79 Å². The van der Waals surface area contributed by atoms with Crippen molar-refractivity contribution in [3.63, 3.8) is 0 Å². The molecule has 2 atom stereocenters. The lowest BCUT2D eigenvalue weighted by Crippen LogP contribution is -2.55. The molecule has 2 heteroatoms. The monoisotopic (exact) mass is 223 g/mol.